The molecular weight excluding hydrogens is 251 g/mol. The van der Waals surface area contributed by atoms with Gasteiger partial charge < -0.3 is 0 Å². The van der Waals surface area contributed by atoms with Gasteiger partial charge >= 0.3 is 6.18 Å². The van der Waals surface area contributed by atoms with Crippen LogP contribution in [0.25, 0.3) is 0 Å². The van der Waals surface area contributed by atoms with Gasteiger partial charge in [-0.05, 0) is 36.3 Å². The summed E-state index contributed by atoms with van der Waals surface area (Å²) >= 11 is 0. The molecule has 0 amide bonds. The SMILES string of the molecule is CCC1CN(CC(F)(F)F)C2(CC2)c2ccccc21. The number of nitrogens with zero attached hydrogens (tertiary/aromatic N) is 1. The van der Waals surface area contributed by atoms with Crippen molar-refractivity contribution < 1.29 is 13.2 Å². The van der Waals surface area contributed by atoms with Gasteiger partial charge in [0, 0.05) is 12.1 Å². The van der Waals surface area contributed by atoms with E-state index in [0.29, 0.717) is 6.54 Å². The summed E-state index contributed by atoms with van der Waals surface area (Å²) in [5.74, 6) is 0.227. The third-order valence-corrected chi connectivity index (χ3v) is 4.53. The molecule has 1 atom stereocenters. The van der Waals surface area contributed by atoms with Crippen LogP contribution in [0.2, 0.25) is 0 Å². The van der Waals surface area contributed by atoms with Crippen LogP contribution in [0.1, 0.15) is 43.2 Å². The fourth-order valence-corrected chi connectivity index (χ4v) is 3.47. The van der Waals surface area contributed by atoms with E-state index in [1.165, 1.54) is 5.56 Å². The molecule has 1 nitrogen and oxygen atoms in total. The third-order valence-electron chi connectivity index (χ3n) is 4.53. The fraction of sp³-hybridized carbons (Fsp3) is 0.600. The Kier molecular flexibility index (Phi) is 2.89. The third kappa shape index (κ3) is 2.16. The Balaban J connectivity index is 1.99. The summed E-state index contributed by atoms with van der Waals surface area (Å²) in [5.41, 5.74) is 2.08. The minimum atomic E-state index is -4.11. The summed E-state index contributed by atoms with van der Waals surface area (Å²) in [6.45, 7) is 1.81. The second-order valence-electron chi connectivity index (χ2n) is 5.72. The van der Waals surface area contributed by atoms with E-state index in [1.54, 1.807) is 4.90 Å². The molecule has 1 aliphatic carbocycles. The van der Waals surface area contributed by atoms with Crippen LogP contribution in [0.5, 0.6) is 0 Å². The van der Waals surface area contributed by atoms with Crippen LogP contribution in [0.15, 0.2) is 24.3 Å². The maximum atomic E-state index is 12.8. The average molecular weight is 269 g/mol. The smallest absolute Gasteiger partial charge is 0.284 e. The molecular formula is C15H18F3N. The Morgan fingerprint density at radius 2 is 1.95 bits per heavy atom. The van der Waals surface area contributed by atoms with Crippen molar-refractivity contribution in [2.75, 3.05) is 13.1 Å². The molecule has 2 aliphatic rings. The van der Waals surface area contributed by atoms with Crippen molar-refractivity contribution >= 4 is 0 Å². The van der Waals surface area contributed by atoms with Crippen LogP contribution in [0, 0.1) is 0 Å². The average Bonchev–Trinajstić information content (AvgIpc) is 3.13. The highest BCUT2D eigenvalue weighted by Gasteiger charge is 2.55. The van der Waals surface area contributed by atoms with E-state index < -0.39 is 12.7 Å². The van der Waals surface area contributed by atoms with E-state index >= 15 is 0 Å². The first-order chi connectivity index (χ1) is 8.96. The molecule has 1 aliphatic heterocycles. The van der Waals surface area contributed by atoms with Gasteiger partial charge in [0.1, 0.15) is 0 Å². The number of alkyl halides is 3. The first-order valence-electron chi connectivity index (χ1n) is 6.87. The molecule has 0 bridgehead atoms. The van der Waals surface area contributed by atoms with Crippen LogP contribution >= 0.6 is 0 Å². The van der Waals surface area contributed by atoms with Crippen molar-refractivity contribution in [2.45, 2.75) is 43.8 Å². The number of halogens is 3. The van der Waals surface area contributed by atoms with Gasteiger partial charge in [0.05, 0.1) is 6.54 Å². The Labute approximate surface area is 111 Å². The largest absolute Gasteiger partial charge is 0.401 e. The van der Waals surface area contributed by atoms with Crippen LogP contribution in [-0.2, 0) is 5.54 Å². The number of fused-ring (bicyclic) bond motifs is 2. The highest BCUT2D eigenvalue weighted by molar-refractivity contribution is 5.42. The molecule has 1 heterocycles. The Morgan fingerprint density at radius 1 is 1.26 bits per heavy atom. The zero-order valence-corrected chi connectivity index (χ0v) is 11.0. The standard InChI is InChI=1S/C15H18F3N/c1-2-11-9-19(10-15(16,17)18)14(7-8-14)13-6-4-3-5-12(11)13/h3-6,11H,2,7-10H2,1H3. The maximum Gasteiger partial charge on any atom is 0.401 e. The molecule has 4 heteroatoms. The van der Waals surface area contributed by atoms with E-state index in [9.17, 15) is 13.2 Å². The summed E-state index contributed by atoms with van der Waals surface area (Å²) in [7, 11) is 0. The molecule has 1 unspecified atom stereocenters. The lowest BCUT2D eigenvalue weighted by atomic mass is 9.82. The fourth-order valence-electron chi connectivity index (χ4n) is 3.47. The highest BCUT2D eigenvalue weighted by Crippen LogP contribution is 2.56. The maximum absolute atomic E-state index is 12.8. The lowest BCUT2D eigenvalue weighted by Crippen LogP contribution is -2.47. The van der Waals surface area contributed by atoms with Gasteiger partial charge in [-0.2, -0.15) is 13.2 Å². The number of rotatable bonds is 2. The minimum Gasteiger partial charge on any atom is -0.284 e. The lowest BCUT2D eigenvalue weighted by molar-refractivity contribution is -0.155. The Bertz CT molecular complexity index is 477. The first kappa shape index (κ1) is 13.0. The molecule has 0 aromatic heterocycles. The van der Waals surface area contributed by atoms with Crippen LogP contribution in [-0.4, -0.2) is 24.2 Å². The molecule has 3 rings (SSSR count). The molecule has 1 spiro atoms. The molecule has 19 heavy (non-hydrogen) atoms. The zero-order chi connectivity index (χ0) is 13.7. The first-order valence-corrected chi connectivity index (χ1v) is 6.87. The zero-order valence-electron chi connectivity index (χ0n) is 11.0. The molecule has 1 fully saturated rings. The number of hydrogen-bond donors (Lipinski definition) is 0. The van der Waals surface area contributed by atoms with Crippen LogP contribution < -0.4 is 0 Å². The van der Waals surface area contributed by atoms with Gasteiger partial charge in [-0.25, -0.2) is 0 Å². The van der Waals surface area contributed by atoms with Gasteiger partial charge in [0.25, 0.3) is 0 Å². The van der Waals surface area contributed by atoms with Crippen LogP contribution in [0.4, 0.5) is 13.2 Å². The van der Waals surface area contributed by atoms with Crippen molar-refractivity contribution in [1.29, 1.82) is 0 Å². The number of benzene rings is 1. The van der Waals surface area contributed by atoms with E-state index in [2.05, 4.69) is 13.0 Å². The second-order valence-corrected chi connectivity index (χ2v) is 5.72. The Hall–Kier alpha value is -1.03. The molecule has 1 aromatic rings. The van der Waals surface area contributed by atoms with Gasteiger partial charge in [0.15, 0.2) is 0 Å². The van der Waals surface area contributed by atoms with Gasteiger partial charge in [-0.3, -0.25) is 4.90 Å². The summed E-state index contributed by atoms with van der Waals surface area (Å²) in [6, 6.07) is 8.06. The van der Waals surface area contributed by atoms with Crippen molar-refractivity contribution in [3.63, 3.8) is 0 Å². The molecule has 0 N–H and O–H groups in total. The monoisotopic (exact) mass is 269 g/mol. The normalized spacial score (nSPS) is 25.4. The lowest BCUT2D eigenvalue weighted by Gasteiger charge is -2.42. The summed E-state index contributed by atoms with van der Waals surface area (Å²) in [5, 5.41) is 0. The van der Waals surface area contributed by atoms with E-state index in [1.807, 2.05) is 18.2 Å². The van der Waals surface area contributed by atoms with Gasteiger partial charge in [-0.15, -0.1) is 0 Å². The summed E-state index contributed by atoms with van der Waals surface area (Å²) < 4.78 is 38.3. The van der Waals surface area contributed by atoms with E-state index in [-0.39, 0.29) is 11.5 Å². The van der Waals surface area contributed by atoms with E-state index in [4.69, 9.17) is 0 Å². The second kappa shape index (κ2) is 4.23. The van der Waals surface area contributed by atoms with E-state index in [0.717, 1.165) is 24.8 Å². The molecule has 104 valence electrons. The van der Waals surface area contributed by atoms with Crippen molar-refractivity contribution in [3.8, 4) is 0 Å². The van der Waals surface area contributed by atoms with Crippen molar-refractivity contribution in [2.24, 2.45) is 0 Å². The predicted octanol–water partition coefficient (Wildman–Crippen LogP) is 4.05. The number of hydrogen-bond acceptors (Lipinski definition) is 1. The topological polar surface area (TPSA) is 3.24 Å². The molecule has 1 saturated carbocycles. The molecule has 1 aromatic carbocycles. The molecule has 0 saturated heterocycles. The quantitative estimate of drug-likeness (QED) is 0.783. The minimum absolute atomic E-state index is 0.227. The van der Waals surface area contributed by atoms with Gasteiger partial charge in [-0.1, -0.05) is 31.2 Å². The van der Waals surface area contributed by atoms with Crippen molar-refractivity contribution in [1.82, 2.24) is 4.90 Å². The van der Waals surface area contributed by atoms with Gasteiger partial charge in [0.2, 0.25) is 0 Å². The molecule has 0 radical (unpaired) electrons. The van der Waals surface area contributed by atoms with Crippen molar-refractivity contribution in [3.05, 3.63) is 35.4 Å². The highest BCUT2D eigenvalue weighted by atomic mass is 19.4. The predicted molar refractivity (Wildman–Crippen MR) is 68.0 cm³/mol. The summed E-state index contributed by atoms with van der Waals surface area (Å²) in [6.07, 6.45) is -1.51. The van der Waals surface area contributed by atoms with Crippen LogP contribution in [0.3, 0.4) is 0 Å². The summed E-state index contributed by atoms with van der Waals surface area (Å²) in [4.78, 5) is 1.67. The Morgan fingerprint density at radius 3 is 2.53 bits per heavy atom.